The number of carbonyl (C=O) groups excluding carboxylic acids is 1. The predicted octanol–water partition coefficient (Wildman–Crippen LogP) is 3.87. The van der Waals surface area contributed by atoms with Crippen LogP contribution in [0.5, 0.6) is 5.75 Å². The molecule has 114 valence electrons. The Bertz CT molecular complexity index is 1100. The Labute approximate surface area is 144 Å². The SMILES string of the molecule is Cn1c(=O)c(O)c2c3c(c(Br)cc(Cl)c31)C(=O)c1ccccc1-2. The normalized spacial score (nSPS) is 12.6. The van der Waals surface area contributed by atoms with Crippen LogP contribution in [0.4, 0.5) is 0 Å². The largest absolute Gasteiger partial charge is 0.503 e. The molecule has 0 unspecified atom stereocenters. The fourth-order valence-electron chi connectivity index (χ4n) is 3.18. The zero-order valence-electron chi connectivity index (χ0n) is 11.9. The number of hydrogen-bond donors (Lipinski definition) is 1. The van der Waals surface area contributed by atoms with Crippen molar-refractivity contribution in [2.45, 2.75) is 0 Å². The number of pyridine rings is 1. The molecule has 1 N–H and O–H groups in total. The van der Waals surface area contributed by atoms with Gasteiger partial charge in [-0.05, 0) is 27.6 Å². The second kappa shape index (κ2) is 4.69. The lowest BCUT2D eigenvalue weighted by Crippen LogP contribution is -2.21. The Hall–Kier alpha value is -2.11. The van der Waals surface area contributed by atoms with Gasteiger partial charge in [0.15, 0.2) is 11.5 Å². The lowest BCUT2D eigenvalue weighted by molar-refractivity contribution is 0.103. The van der Waals surface area contributed by atoms with Gasteiger partial charge in [0, 0.05) is 33.6 Å². The van der Waals surface area contributed by atoms with E-state index in [9.17, 15) is 14.7 Å². The second-order valence-corrected chi connectivity index (χ2v) is 6.66. The molecule has 2 aromatic carbocycles. The third-order valence-corrected chi connectivity index (χ3v) is 5.12. The Morgan fingerprint density at radius 3 is 2.48 bits per heavy atom. The van der Waals surface area contributed by atoms with E-state index in [-0.39, 0.29) is 11.5 Å². The predicted molar refractivity (Wildman–Crippen MR) is 92.4 cm³/mol. The number of nitrogens with zero attached hydrogens (tertiary/aromatic N) is 1. The Balaban J connectivity index is 2.42. The number of hydrogen-bond acceptors (Lipinski definition) is 3. The molecule has 1 aliphatic rings. The maximum Gasteiger partial charge on any atom is 0.293 e. The zero-order chi connectivity index (χ0) is 16.5. The molecule has 1 aliphatic carbocycles. The van der Waals surface area contributed by atoms with Gasteiger partial charge in [0.05, 0.1) is 10.5 Å². The summed E-state index contributed by atoms with van der Waals surface area (Å²) in [6.07, 6.45) is 0. The van der Waals surface area contributed by atoms with Crippen molar-refractivity contribution < 1.29 is 9.90 Å². The highest BCUT2D eigenvalue weighted by atomic mass is 79.9. The molecule has 6 heteroatoms. The number of halogens is 2. The minimum absolute atomic E-state index is 0.167. The van der Waals surface area contributed by atoms with E-state index in [0.717, 1.165) is 0 Å². The standard InChI is InChI=1S/C17H9BrClNO3/c1-20-14-10(19)6-9(18)12-13(14)11(16(22)17(20)23)7-4-2-3-5-8(7)15(12)21/h2-6,22H,1H3. The molecule has 0 aliphatic heterocycles. The Morgan fingerprint density at radius 2 is 1.78 bits per heavy atom. The highest BCUT2D eigenvalue weighted by molar-refractivity contribution is 9.10. The first-order valence-corrected chi connectivity index (χ1v) is 7.98. The molecule has 4 rings (SSSR count). The highest BCUT2D eigenvalue weighted by Gasteiger charge is 2.32. The average Bonchev–Trinajstić information content (AvgIpc) is 2.52. The molecule has 0 fully saturated rings. The minimum Gasteiger partial charge on any atom is -0.503 e. The number of rotatable bonds is 0. The maximum atomic E-state index is 12.9. The van der Waals surface area contributed by atoms with E-state index in [4.69, 9.17) is 11.6 Å². The van der Waals surface area contributed by atoms with Crippen LogP contribution in [0.15, 0.2) is 39.6 Å². The van der Waals surface area contributed by atoms with Gasteiger partial charge < -0.3 is 9.67 Å². The van der Waals surface area contributed by atoms with Crippen molar-refractivity contribution >= 4 is 44.2 Å². The van der Waals surface area contributed by atoms with Gasteiger partial charge in [-0.1, -0.05) is 35.9 Å². The van der Waals surface area contributed by atoms with E-state index >= 15 is 0 Å². The molecular weight excluding hydrogens is 382 g/mol. The van der Waals surface area contributed by atoms with E-state index in [2.05, 4.69) is 15.9 Å². The molecule has 0 bridgehead atoms. The summed E-state index contributed by atoms with van der Waals surface area (Å²) in [6.45, 7) is 0. The number of fused-ring (bicyclic) bond motifs is 2. The molecule has 0 radical (unpaired) electrons. The number of ketones is 1. The van der Waals surface area contributed by atoms with E-state index in [1.54, 1.807) is 30.3 Å². The molecule has 23 heavy (non-hydrogen) atoms. The smallest absolute Gasteiger partial charge is 0.293 e. The number of aromatic hydroxyl groups is 1. The van der Waals surface area contributed by atoms with Gasteiger partial charge in [-0.25, -0.2) is 0 Å². The van der Waals surface area contributed by atoms with E-state index in [0.29, 0.717) is 42.7 Å². The van der Waals surface area contributed by atoms with Crippen LogP contribution in [-0.4, -0.2) is 15.5 Å². The Morgan fingerprint density at radius 1 is 1.13 bits per heavy atom. The average molecular weight is 391 g/mol. The third kappa shape index (κ3) is 1.72. The van der Waals surface area contributed by atoms with Crippen LogP contribution in [-0.2, 0) is 7.05 Å². The zero-order valence-corrected chi connectivity index (χ0v) is 14.2. The molecule has 0 amide bonds. The van der Waals surface area contributed by atoms with Gasteiger partial charge in [-0.3, -0.25) is 9.59 Å². The summed E-state index contributed by atoms with van der Waals surface area (Å²) in [7, 11) is 1.52. The van der Waals surface area contributed by atoms with Gasteiger partial charge in [-0.15, -0.1) is 0 Å². The summed E-state index contributed by atoms with van der Waals surface area (Å²) >= 11 is 9.69. The van der Waals surface area contributed by atoms with E-state index in [1.807, 2.05) is 0 Å². The fourth-order valence-corrected chi connectivity index (χ4v) is 4.25. The van der Waals surface area contributed by atoms with Crippen LogP contribution < -0.4 is 5.56 Å². The summed E-state index contributed by atoms with van der Waals surface area (Å²) in [5, 5.41) is 11.3. The van der Waals surface area contributed by atoms with Crippen LogP contribution in [0.2, 0.25) is 5.02 Å². The topological polar surface area (TPSA) is 59.3 Å². The van der Waals surface area contributed by atoms with E-state index in [1.165, 1.54) is 11.6 Å². The first kappa shape index (κ1) is 14.5. The Kier molecular flexibility index (Phi) is 2.95. The quantitative estimate of drug-likeness (QED) is 0.496. The van der Waals surface area contributed by atoms with Crippen molar-refractivity contribution in [1.29, 1.82) is 0 Å². The fraction of sp³-hybridized carbons (Fsp3) is 0.0588. The number of aromatic nitrogens is 1. The van der Waals surface area contributed by atoms with Crippen LogP contribution in [0, 0.1) is 0 Å². The lowest BCUT2D eigenvalue weighted by Gasteiger charge is -2.23. The molecule has 1 heterocycles. The third-order valence-electron chi connectivity index (χ3n) is 4.20. The molecule has 3 aromatic rings. The molecule has 0 saturated heterocycles. The second-order valence-electron chi connectivity index (χ2n) is 5.40. The van der Waals surface area contributed by atoms with Crippen LogP contribution in [0.25, 0.3) is 22.0 Å². The summed E-state index contributed by atoms with van der Waals surface area (Å²) < 4.78 is 1.81. The van der Waals surface area contributed by atoms with E-state index < -0.39 is 5.56 Å². The number of carbonyl (C=O) groups is 1. The molecule has 0 saturated carbocycles. The van der Waals surface area contributed by atoms with Gasteiger partial charge in [0.1, 0.15) is 0 Å². The monoisotopic (exact) mass is 389 g/mol. The number of aryl methyl sites for hydroxylation is 1. The van der Waals surface area contributed by atoms with Gasteiger partial charge in [0.25, 0.3) is 5.56 Å². The molecule has 1 aromatic heterocycles. The molecule has 0 atom stereocenters. The summed E-state index contributed by atoms with van der Waals surface area (Å²) in [4.78, 5) is 25.3. The highest BCUT2D eigenvalue weighted by Crippen LogP contribution is 2.46. The first-order valence-electron chi connectivity index (χ1n) is 6.81. The molecule has 0 spiro atoms. The minimum atomic E-state index is -0.549. The summed E-state index contributed by atoms with van der Waals surface area (Å²) in [5.41, 5.74) is 1.64. The summed E-state index contributed by atoms with van der Waals surface area (Å²) in [6, 6.07) is 8.52. The van der Waals surface area contributed by atoms with Gasteiger partial charge in [0.2, 0.25) is 0 Å². The van der Waals surface area contributed by atoms with Crippen molar-refractivity contribution in [3.05, 3.63) is 61.3 Å². The lowest BCUT2D eigenvalue weighted by atomic mass is 9.83. The van der Waals surface area contributed by atoms with Crippen LogP contribution in [0.1, 0.15) is 15.9 Å². The van der Waals surface area contributed by atoms with Gasteiger partial charge in [-0.2, -0.15) is 0 Å². The summed E-state index contributed by atoms with van der Waals surface area (Å²) in [5.74, 6) is -0.546. The first-order chi connectivity index (χ1) is 10.9. The number of benzene rings is 2. The maximum absolute atomic E-state index is 12.9. The molecule has 4 nitrogen and oxygen atoms in total. The van der Waals surface area contributed by atoms with Crippen molar-refractivity contribution in [2.24, 2.45) is 7.05 Å². The van der Waals surface area contributed by atoms with Gasteiger partial charge >= 0.3 is 0 Å². The van der Waals surface area contributed by atoms with Crippen LogP contribution >= 0.6 is 27.5 Å². The van der Waals surface area contributed by atoms with Crippen molar-refractivity contribution in [3.63, 3.8) is 0 Å². The van der Waals surface area contributed by atoms with Crippen molar-refractivity contribution in [2.75, 3.05) is 0 Å². The van der Waals surface area contributed by atoms with Crippen LogP contribution in [0.3, 0.4) is 0 Å². The van der Waals surface area contributed by atoms with Crippen molar-refractivity contribution in [3.8, 4) is 16.9 Å². The molecular formula is C17H9BrClNO3. The van der Waals surface area contributed by atoms with Crippen molar-refractivity contribution in [1.82, 2.24) is 4.57 Å².